The molecule has 0 aliphatic heterocycles. The summed E-state index contributed by atoms with van der Waals surface area (Å²) in [5, 5.41) is 2.73. The lowest BCUT2D eigenvalue weighted by Crippen LogP contribution is -2.28. The summed E-state index contributed by atoms with van der Waals surface area (Å²) in [7, 11) is -0.922. The van der Waals surface area contributed by atoms with Gasteiger partial charge in [-0.1, -0.05) is 20.8 Å². The minimum absolute atomic E-state index is 0.188. The molecule has 1 rings (SSSR count). The summed E-state index contributed by atoms with van der Waals surface area (Å²) >= 11 is 0. The number of pyridine rings is 1. The molecular weight excluding hydrogens is 276 g/mol. The van der Waals surface area contributed by atoms with Gasteiger partial charge in [0, 0.05) is 46.0 Å². The molecule has 0 aliphatic carbocycles. The Labute approximate surface area is 122 Å². The first-order valence-corrected chi connectivity index (χ1v) is 8.04. The van der Waals surface area contributed by atoms with E-state index in [2.05, 4.69) is 15.7 Å². The van der Waals surface area contributed by atoms with Gasteiger partial charge in [-0.05, 0) is 12.1 Å². The van der Waals surface area contributed by atoms with Crippen LogP contribution in [0.5, 0.6) is 0 Å². The van der Waals surface area contributed by atoms with E-state index in [4.69, 9.17) is 5.84 Å². The number of carbonyl (C=O) groups excluding carboxylic acids is 1. The molecule has 4 N–H and O–H groups in total. The molecule has 0 aromatic carbocycles. The Balaban J connectivity index is 2.93. The molecule has 0 aliphatic rings. The lowest BCUT2D eigenvalue weighted by atomic mass is 9.90. The second-order valence-electron chi connectivity index (χ2n) is 5.55. The Hall–Kier alpha value is -1.47. The molecule has 1 aromatic rings. The molecule has 0 saturated carbocycles. The second-order valence-corrected chi connectivity index (χ2v) is 7.11. The van der Waals surface area contributed by atoms with Gasteiger partial charge in [-0.3, -0.25) is 9.00 Å². The van der Waals surface area contributed by atoms with Crippen molar-refractivity contribution in [2.75, 3.05) is 24.0 Å². The van der Waals surface area contributed by atoms with E-state index in [0.717, 1.165) is 5.69 Å². The molecule has 7 heteroatoms. The minimum atomic E-state index is -0.922. The SMILES string of the molecule is CS(=O)CCNC(=O)c1cc(NN)nc(C(C)(C)C)c1. The van der Waals surface area contributed by atoms with E-state index in [1.54, 1.807) is 18.4 Å². The van der Waals surface area contributed by atoms with E-state index in [1.165, 1.54) is 0 Å². The molecule has 112 valence electrons. The van der Waals surface area contributed by atoms with Crippen LogP contribution < -0.4 is 16.6 Å². The van der Waals surface area contributed by atoms with Crippen molar-refractivity contribution >= 4 is 22.5 Å². The third-order valence-electron chi connectivity index (χ3n) is 2.68. The van der Waals surface area contributed by atoms with Crippen molar-refractivity contribution in [1.82, 2.24) is 10.3 Å². The van der Waals surface area contributed by atoms with Crippen LogP contribution in [0.25, 0.3) is 0 Å². The van der Waals surface area contributed by atoms with Crippen molar-refractivity contribution in [3.05, 3.63) is 23.4 Å². The number of amides is 1. The highest BCUT2D eigenvalue weighted by molar-refractivity contribution is 7.84. The second kappa shape index (κ2) is 6.81. The number of nitrogen functional groups attached to an aromatic ring is 1. The van der Waals surface area contributed by atoms with Crippen LogP contribution in [-0.2, 0) is 16.2 Å². The van der Waals surface area contributed by atoms with Gasteiger partial charge in [0.15, 0.2) is 0 Å². The van der Waals surface area contributed by atoms with Gasteiger partial charge in [-0.25, -0.2) is 10.8 Å². The highest BCUT2D eigenvalue weighted by Crippen LogP contribution is 2.23. The van der Waals surface area contributed by atoms with Crippen molar-refractivity contribution in [3.63, 3.8) is 0 Å². The maximum Gasteiger partial charge on any atom is 0.251 e. The number of hydrogen-bond acceptors (Lipinski definition) is 5. The molecule has 1 heterocycles. The Morgan fingerprint density at radius 1 is 1.40 bits per heavy atom. The number of carbonyl (C=O) groups is 1. The number of hydrogen-bond donors (Lipinski definition) is 3. The zero-order valence-corrected chi connectivity index (χ0v) is 13.1. The van der Waals surface area contributed by atoms with Crippen LogP contribution in [0.4, 0.5) is 5.82 Å². The largest absolute Gasteiger partial charge is 0.351 e. The summed E-state index contributed by atoms with van der Waals surface area (Å²) < 4.78 is 11.0. The van der Waals surface area contributed by atoms with Gasteiger partial charge in [0.1, 0.15) is 5.82 Å². The first-order valence-electron chi connectivity index (χ1n) is 6.31. The molecule has 0 saturated heterocycles. The summed E-state index contributed by atoms with van der Waals surface area (Å²) in [5.41, 5.74) is 3.54. The molecular formula is C13H22N4O2S. The third-order valence-corrected chi connectivity index (χ3v) is 3.46. The van der Waals surface area contributed by atoms with Crippen molar-refractivity contribution in [2.45, 2.75) is 26.2 Å². The normalized spacial score (nSPS) is 12.8. The van der Waals surface area contributed by atoms with Gasteiger partial charge in [-0.2, -0.15) is 0 Å². The van der Waals surface area contributed by atoms with E-state index < -0.39 is 10.8 Å². The summed E-state index contributed by atoms with van der Waals surface area (Å²) in [4.78, 5) is 16.4. The maximum absolute atomic E-state index is 12.1. The third kappa shape index (κ3) is 4.90. The number of nitrogens with two attached hydrogens (primary N) is 1. The zero-order chi connectivity index (χ0) is 15.3. The fourth-order valence-electron chi connectivity index (χ4n) is 1.53. The van der Waals surface area contributed by atoms with Crippen LogP contribution in [0.15, 0.2) is 12.1 Å². The van der Waals surface area contributed by atoms with Crippen LogP contribution in [0, 0.1) is 0 Å². The lowest BCUT2D eigenvalue weighted by Gasteiger charge is -2.19. The van der Waals surface area contributed by atoms with Crippen molar-refractivity contribution < 1.29 is 9.00 Å². The maximum atomic E-state index is 12.1. The van der Waals surface area contributed by atoms with E-state index in [0.29, 0.717) is 23.7 Å². The highest BCUT2D eigenvalue weighted by atomic mass is 32.2. The van der Waals surface area contributed by atoms with Crippen LogP contribution >= 0.6 is 0 Å². The standard InChI is InChI=1S/C13H22N4O2S/c1-13(2,3)10-7-9(8-11(16-10)17-14)12(18)15-5-6-20(4)19/h7-8H,5-6,14H2,1-4H3,(H,15,18)(H,16,17). The quantitative estimate of drug-likeness (QED) is 0.551. The van der Waals surface area contributed by atoms with Crippen molar-refractivity contribution in [2.24, 2.45) is 5.84 Å². The number of hydrazine groups is 1. The fourth-order valence-corrected chi connectivity index (χ4v) is 1.92. The smallest absolute Gasteiger partial charge is 0.251 e. The summed E-state index contributed by atoms with van der Waals surface area (Å²) in [6.07, 6.45) is 1.60. The summed E-state index contributed by atoms with van der Waals surface area (Å²) in [6.45, 7) is 6.41. The van der Waals surface area contributed by atoms with E-state index in [-0.39, 0.29) is 11.3 Å². The van der Waals surface area contributed by atoms with Gasteiger partial charge in [0.25, 0.3) is 5.91 Å². The number of aromatic nitrogens is 1. The Morgan fingerprint density at radius 2 is 2.05 bits per heavy atom. The topological polar surface area (TPSA) is 97.1 Å². The first-order chi connectivity index (χ1) is 9.24. The predicted molar refractivity (Wildman–Crippen MR) is 82.0 cm³/mol. The Kier molecular flexibility index (Phi) is 5.64. The molecule has 1 atom stereocenters. The Bertz CT molecular complexity index is 512. The molecule has 1 aromatic heterocycles. The summed E-state index contributed by atoms with van der Waals surface area (Å²) in [6, 6.07) is 3.34. The predicted octanol–water partition coefficient (Wildman–Crippen LogP) is 0.773. The van der Waals surface area contributed by atoms with E-state index in [9.17, 15) is 9.00 Å². The van der Waals surface area contributed by atoms with Crippen LogP contribution in [0.2, 0.25) is 0 Å². The van der Waals surface area contributed by atoms with Crippen molar-refractivity contribution in [1.29, 1.82) is 0 Å². The molecule has 6 nitrogen and oxygen atoms in total. The lowest BCUT2D eigenvalue weighted by molar-refractivity contribution is 0.0956. The monoisotopic (exact) mass is 298 g/mol. The molecule has 0 fully saturated rings. The molecule has 1 amide bonds. The van der Waals surface area contributed by atoms with E-state index in [1.807, 2.05) is 20.8 Å². The number of nitrogens with one attached hydrogen (secondary N) is 2. The number of nitrogens with zero attached hydrogens (tertiary/aromatic N) is 1. The molecule has 20 heavy (non-hydrogen) atoms. The van der Waals surface area contributed by atoms with Gasteiger partial charge in [0.05, 0.1) is 0 Å². The Morgan fingerprint density at radius 3 is 2.55 bits per heavy atom. The zero-order valence-electron chi connectivity index (χ0n) is 12.3. The summed E-state index contributed by atoms with van der Waals surface area (Å²) in [5.74, 6) is 6.05. The van der Waals surface area contributed by atoms with Crippen molar-refractivity contribution in [3.8, 4) is 0 Å². The number of anilines is 1. The van der Waals surface area contributed by atoms with Crippen LogP contribution in [-0.4, -0.2) is 33.7 Å². The average molecular weight is 298 g/mol. The minimum Gasteiger partial charge on any atom is -0.351 e. The van der Waals surface area contributed by atoms with E-state index >= 15 is 0 Å². The van der Waals surface area contributed by atoms with Crippen LogP contribution in [0.1, 0.15) is 36.8 Å². The van der Waals surface area contributed by atoms with Gasteiger partial charge in [-0.15, -0.1) is 0 Å². The first kappa shape index (κ1) is 16.6. The molecule has 0 radical (unpaired) electrons. The van der Waals surface area contributed by atoms with Gasteiger partial charge in [0.2, 0.25) is 0 Å². The fraction of sp³-hybridized carbons (Fsp3) is 0.538. The molecule has 0 spiro atoms. The van der Waals surface area contributed by atoms with Gasteiger partial charge >= 0.3 is 0 Å². The molecule has 1 unspecified atom stereocenters. The molecule has 0 bridgehead atoms. The highest BCUT2D eigenvalue weighted by Gasteiger charge is 2.19. The number of rotatable bonds is 5. The van der Waals surface area contributed by atoms with Gasteiger partial charge < -0.3 is 10.7 Å². The van der Waals surface area contributed by atoms with Crippen LogP contribution in [0.3, 0.4) is 0 Å². The average Bonchev–Trinajstić information content (AvgIpc) is 2.36.